The van der Waals surface area contributed by atoms with Crippen molar-refractivity contribution in [1.82, 2.24) is 14.9 Å². The topological polar surface area (TPSA) is 93.1 Å². The number of nitrogens with zero attached hydrogens (tertiary/aromatic N) is 2. The van der Waals surface area contributed by atoms with E-state index in [0.717, 1.165) is 24.6 Å². The molecule has 164 valence electrons. The molecule has 1 fully saturated rings. The van der Waals surface area contributed by atoms with Crippen molar-refractivity contribution < 1.29 is 9.59 Å². The van der Waals surface area contributed by atoms with Crippen LogP contribution in [0.5, 0.6) is 0 Å². The minimum absolute atomic E-state index is 0.00817. The van der Waals surface area contributed by atoms with Crippen molar-refractivity contribution in [2.75, 3.05) is 11.1 Å². The number of nitrogens with one attached hydrogen (secondary N) is 2. The molecule has 1 heterocycles. The Kier molecular flexibility index (Phi) is 6.62. The van der Waals surface area contributed by atoms with Gasteiger partial charge in [-0.25, -0.2) is 4.98 Å². The summed E-state index contributed by atoms with van der Waals surface area (Å²) in [6.45, 7) is 3.96. The van der Waals surface area contributed by atoms with Gasteiger partial charge in [-0.1, -0.05) is 41.6 Å². The number of benzene rings is 2. The lowest BCUT2D eigenvalue weighted by atomic mass is 10.1. The summed E-state index contributed by atoms with van der Waals surface area (Å²) in [5.41, 5.74) is 1.10. The monoisotopic (exact) mass is 468 g/mol. The molecule has 7 nitrogen and oxygen atoms in total. The van der Waals surface area contributed by atoms with Gasteiger partial charge in [0.2, 0.25) is 5.91 Å². The van der Waals surface area contributed by atoms with Gasteiger partial charge in [0.25, 0.3) is 11.5 Å². The Morgan fingerprint density at radius 3 is 2.78 bits per heavy atom. The summed E-state index contributed by atoms with van der Waals surface area (Å²) in [5.74, 6) is -0.509. The number of fused-ring (bicyclic) bond motifs is 1. The average molecular weight is 469 g/mol. The summed E-state index contributed by atoms with van der Waals surface area (Å²) in [7, 11) is 0. The molecule has 2 aromatic carbocycles. The largest absolute Gasteiger partial charge is 0.349 e. The predicted octanol–water partition coefficient (Wildman–Crippen LogP) is 3.86. The highest BCUT2D eigenvalue weighted by atomic mass is 35.5. The van der Waals surface area contributed by atoms with Gasteiger partial charge in [0.05, 0.1) is 27.9 Å². The van der Waals surface area contributed by atoms with Crippen molar-refractivity contribution in [3.05, 3.63) is 76.1 Å². The standard InChI is InChI=1S/C23H21ClN4O3S/c1-2-11-28-22(31)17-10-7-14(24)12-19(17)27-23(28)32-13-20(29)26-18-6-4-3-5-16(18)21(30)25-15-8-9-15/h2-7,10,12,15H,1,8-9,11,13H2,(H,25,30)(H,26,29). The molecule has 32 heavy (non-hydrogen) atoms. The maximum Gasteiger partial charge on any atom is 0.262 e. The van der Waals surface area contributed by atoms with Gasteiger partial charge in [-0.3, -0.25) is 19.0 Å². The number of rotatable bonds is 8. The molecule has 3 aromatic rings. The van der Waals surface area contributed by atoms with Crippen molar-refractivity contribution in [3.8, 4) is 0 Å². The summed E-state index contributed by atoms with van der Waals surface area (Å²) in [4.78, 5) is 42.5. The van der Waals surface area contributed by atoms with Crippen LogP contribution in [0, 0.1) is 0 Å². The van der Waals surface area contributed by atoms with Gasteiger partial charge in [-0.2, -0.15) is 0 Å². The minimum atomic E-state index is -0.313. The second-order valence-corrected chi connectivity index (χ2v) is 8.77. The molecule has 0 unspecified atom stereocenters. The molecule has 1 aromatic heterocycles. The smallest absolute Gasteiger partial charge is 0.262 e. The van der Waals surface area contributed by atoms with Crippen LogP contribution in [0.4, 0.5) is 5.69 Å². The van der Waals surface area contributed by atoms with E-state index >= 15 is 0 Å². The number of allylic oxidation sites excluding steroid dienone is 1. The number of carbonyl (C=O) groups is 2. The van der Waals surface area contributed by atoms with E-state index in [1.807, 2.05) is 0 Å². The number of para-hydroxylation sites is 1. The van der Waals surface area contributed by atoms with Gasteiger partial charge in [-0.15, -0.1) is 6.58 Å². The van der Waals surface area contributed by atoms with Crippen molar-refractivity contribution in [2.45, 2.75) is 30.6 Å². The second-order valence-electron chi connectivity index (χ2n) is 7.39. The Morgan fingerprint density at radius 1 is 1.25 bits per heavy atom. The summed E-state index contributed by atoms with van der Waals surface area (Å²) in [6.07, 6.45) is 3.56. The van der Waals surface area contributed by atoms with E-state index in [4.69, 9.17) is 11.6 Å². The normalized spacial score (nSPS) is 13.0. The van der Waals surface area contributed by atoms with Crippen LogP contribution in [0.25, 0.3) is 10.9 Å². The summed E-state index contributed by atoms with van der Waals surface area (Å²) in [5, 5.41) is 7.02. The number of aromatic nitrogens is 2. The van der Waals surface area contributed by atoms with Crippen LogP contribution in [-0.4, -0.2) is 33.2 Å². The summed E-state index contributed by atoms with van der Waals surface area (Å²) >= 11 is 7.18. The quantitative estimate of drug-likeness (QED) is 0.297. The Morgan fingerprint density at radius 2 is 2.03 bits per heavy atom. The Labute approximate surface area is 193 Å². The first kappa shape index (κ1) is 22.1. The highest BCUT2D eigenvalue weighted by molar-refractivity contribution is 7.99. The van der Waals surface area contributed by atoms with Crippen molar-refractivity contribution in [1.29, 1.82) is 0 Å². The zero-order chi connectivity index (χ0) is 22.7. The highest BCUT2D eigenvalue weighted by Gasteiger charge is 2.25. The molecule has 0 atom stereocenters. The lowest BCUT2D eigenvalue weighted by Gasteiger charge is -2.13. The molecule has 1 saturated carbocycles. The SMILES string of the molecule is C=CCn1c(SCC(=O)Nc2ccccc2C(=O)NC2CC2)nc2cc(Cl)ccc2c1=O. The molecular formula is C23H21ClN4O3S. The van der Waals surface area contributed by atoms with E-state index in [9.17, 15) is 14.4 Å². The zero-order valence-electron chi connectivity index (χ0n) is 17.1. The Hall–Kier alpha value is -3.10. The van der Waals surface area contributed by atoms with Crippen LogP contribution >= 0.6 is 23.4 Å². The lowest BCUT2D eigenvalue weighted by Crippen LogP contribution is -2.27. The van der Waals surface area contributed by atoms with Gasteiger partial charge < -0.3 is 10.6 Å². The lowest BCUT2D eigenvalue weighted by molar-refractivity contribution is -0.113. The third-order valence-electron chi connectivity index (χ3n) is 4.88. The summed E-state index contributed by atoms with van der Waals surface area (Å²) < 4.78 is 1.47. The molecule has 0 radical (unpaired) electrons. The van der Waals surface area contributed by atoms with Crippen molar-refractivity contribution in [3.63, 3.8) is 0 Å². The fraction of sp³-hybridized carbons (Fsp3) is 0.217. The van der Waals surface area contributed by atoms with E-state index in [1.54, 1.807) is 48.5 Å². The third-order valence-corrected chi connectivity index (χ3v) is 6.10. The van der Waals surface area contributed by atoms with E-state index in [1.165, 1.54) is 4.57 Å². The van der Waals surface area contributed by atoms with Gasteiger partial charge in [0.15, 0.2) is 5.16 Å². The molecule has 1 aliphatic carbocycles. The predicted molar refractivity (Wildman–Crippen MR) is 127 cm³/mol. The highest BCUT2D eigenvalue weighted by Crippen LogP contribution is 2.23. The van der Waals surface area contributed by atoms with Crippen LogP contribution in [0.15, 0.2) is 65.1 Å². The van der Waals surface area contributed by atoms with Crippen molar-refractivity contribution >= 4 is 51.8 Å². The van der Waals surface area contributed by atoms with Crippen LogP contribution in [0.3, 0.4) is 0 Å². The second kappa shape index (κ2) is 9.58. The molecular weight excluding hydrogens is 448 g/mol. The van der Waals surface area contributed by atoms with Gasteiger partial charge in [0.1, 0.15) is 0 Å². The molecule has 1 aliphatic rings. The van der Waals surface area contributed by atoms with Crippen LogP contribution in [-0.2, 0) is 11.3 Å². The molecule has 0 saturated heterocycles. The number of carbonyl (C=O) groups excluding carboxylic acids is 2. The average Bonchev–Trinajstić information content (AvgIpc) is 3.58. The molecule has 0 spiro atoms. The van der Waals surface area contributed by atoms with E-state index in [-0.39, 0.29) is 35.7 Å². The molecule has 0 bridgehead atoms. The maximum atomic E-state index is 12.9. The Bertz CT molecular complexity index is 1270. The number of halogens is 1. The molecule has 0 aliphatic heterocycles. The first-order valence-corrected chi connectivity index (χ1v) is 11.5. The molecule has 9 heteroatoms. The number of anilines is 1. The Balaban J connectivity index is 1.52. The van der Waals surface area contributed by atoms with E-state index in [2.05, 4.69) is 22.2 Å². The van der Waals surface area contributed by atoms with Crippen LogP contribution in [0.2, 0.25) is 5.02 Å². The molecule has 2 amide bonds. The summed E-state index contributed by atoms with van der Waals surface area (Å²) in [6, 6.07) is 12.0. The molecule has 2 N–H and O–H groups in total. The third kappa shape index (κ3) is 5.03. The van der Waals surface area contributed by atoms with E-state index < -0.39 is 0 Å². The first-order chi connectivity index (χ1) is 15.5. The first-order valence-electron chi connectivity index (χ1n) is 10.1. The molecule has 4 rings (SSSR count). The maximum absolute atomic E-state index is 12.9. The van der Waals surface area contributed by atoms with Gasteiger partial charge in [-0.05, 0) is 43.2 Å². The van der Waals surface area contributed by atoms with Gasteiger partial charge >= 0.3 is 0 Å². The fourth-order valence-electron chi connectivity index (χ4n) is 3.17. The van der Waals surface area contributed by atoms with Crippen LogP contribution < -0.4 is 16.2 Å². The number of amides is 2. The van der Waals surface area contributed by atoms with Crippen LogP contribution in [0.1, 0.15) is 23.2 Å². The number of thioether (sulfide) groups is 1. The minimum Gasteiger partial charge on any atom is -0.349 e. The van der Waals surface area contributed by atoms with Crippen molar-refractivity contribution in [2.24, 2.45) is 0 Å². The fourth-order valence-corrected chi connectivity index (χ4v) is 4.15. The van der Waals surface area contributed by atoms with E-state index in [0.29, 0.717) is 32.3 Å². The number of hydrogen-bond donors (Lipinski definition) is 2. The number of hydrogen-bond acceptors (Lipinski definition) is 5. The zero-order valence-corrected chi connectivity index (χ0v) is 18.7. The van der Waals surface area contributed by atoms with Gasteiger partial charge in [0, 0.05) is 17.6 Å².